The predicted molar refractivity (Wildman–Crippen MR) is 119 cm³/mol. The van der Waals surface area contributed by atoms with Crippen LogP contribution in [0.1, 0.15) is 19.3 Å². The molecular formula is C23H26N4O2S. The number of rotatable bonds is 4. The third kappa shape index (κ3) is 2.65. The van der Waals surface area contributed by atoms with E-state index in [2.05, 4.69) is 33.4 Å². The molecule has 3 saturated heterocycles. The fourth-order valence-electron chi connectivity index (χ4n) is 5.13. The fourth-order valence-corrected chi connectivity index (χ4v) is 6.96. The first-order chi connectivity index (χ1) is 14.6. The van der Waals surface area contributed by atoms with Gasteiger partial charge in [0.25, 0.3) is 0 Å². The van der Waals surface area contributed by atoms with Gasteiger partial charge in [0.05, 0.1) is 10.4 Å². The lowest BCUT2D eigenvalue weighted by molar-refractivity contribution is 0.0199. The number of aromatic amines is 1. The molecule has 30 heavy (non-hydrogen) atoms. The van der Waals surface area contributed by atoms with Gasteiger partial charge >= 0.3 is 0 Å². The van der Waals surface area contributed by atoms with E-state index in [0.717, 1.165) is 60.4 Å². The Kier molecular flexibility index (Phi) is 4.04. The van der Waals surface area contributed by atoms with Crippen molar-refractivity contribution in [1.82, 2.24) is 14.6 Å². The average molecular weight is 423 g/mol. The molecule has 2 N–H and O–H groups in total. The number of hydrogen-bond donors (Lipinski definition) is 2. The minimum Gasteiger partial charge on any atom is -0.371 e. The molecule has 0 bridgehead atoms. The van der Waals surface area contributed by atoms with Crippen LogP contribution in [0.5, 0.6) is 0 Å². The number of aromatic nitrogens is 1. The summed E-state index contributed by atoms with van der Waals surface area (Å²) in [7, 11) is -3.51. The molecule has 0 saturated carbocycles. The lowest BCUT2D eigenvalue weighted by Crippen LogP contribution is -2.76. The van der Waals surface area contributed by atoms with Crippen molar-refractivity contribution >= 4 is 26.6 Å². The van der Waals surface area contributed by atoms with E-state index < -0.39 is 10.0 Å². The monoisotopic (exact) mass is 422 g/mol. The van der Waals surface area contributed by atoms with Gasteiger partial charge in [0.15, 0.2) is 0 Å². The smallest absolute Gasteiger partial charge is 0.243 e. The first-order valence-corrected chi connectivity index (χ1v) is 12.2. The van der Waals surface area contributed by atoms with Crippen LogP contribution in [0.4, 0.5) is 5.69 Å². The van der Waals surface area contributed by atoms with Crippen LogP contribution in [-0.4, -0.2) is 56.0 Å². The second-order valence-electron chi connectivity index (χ2n) is 8.80. The molecule has 4 heterocycles. The van der Waals surface area contributed by atoms with Crippen LogP contribution in [-0.2, 0) is 10.0 Å². The van der Waals surface area contributed by atoms with E-state index in [1.54, 1.807) is 10.4 Å². The SMILES string of the molecule is O=S(=O)(c1ccc(N2CCCC2)c(-c2cc3ccccc3[nH]2)c1)N1CCC12CNC2. The van der Waals surface area contributed by atoms with Gasteiger partial charge in [0, 0.05) is 60.6 Å². The zero-order valence-electron chi connectivity index (χ0n) is 16.9. The van der Waals surface area contributed by atoms with Crippen LogP contribution < -0.4 is 10.2 Å². The zero-order valence-corrected chi connectivity index (χ0v) is 17.7. The van der Waals surface area contributed by atoms with Gasteiger partial charge in [-0.1, -0.05) is 18.2 Å². The number of fused-ring (bicyclic) bond motifs is 1. The molecule has 156 valence electrons. The van der Waals surface area contributed by atoms with Crippen LogP contribution in [0, 0.1) is 0 Å². The highest BCUT2D eigenvalue weighted by molar-refractivity contribution is 7.89. The maximum atomic E-state index is 13.5. The van der Waals surface area contributed by atoms with Crippen LogP contribution in [0.3, 0.4) is 0 Å². The largest absolute Gasteiger partial charge is 0.371 e. The highest BCUT2D eigenvalue weighted by Crippen LogP contribution is 2.41. The Hall–Kier alpha value is -2.35. The normalized spacial score (nSPS) is 21.1. The van der Waals surface area contributed by atoms with Crippen LogP contribution >= 0.6 is 0 Å². The molecule has 3 aromatic rings. The Balaban J connectivity index is 1.47. The van der Waals surface area contributed by atoms with E-state index in [1.807, 2.05) is 24.3 Å². The molecule has 0 unspecified atom stereocenters. The molecule has 0 radical (unpaired) electrons. The standard InChI is InChI=1S/C23H26N4O2S/c28-30(29,27-12-9-23(27)15-24-16-23)18-7-8-22(26-10-3-4-11-26)19(14-18)21-13-17-5-1-2-6-20(17)25-21/h1-2,5-8,13-14,24-25H,3-4,9-12,15-16H2. The minimum absolute atomic E-state index is 0.201. The Morgan fingerprint density at radius 2 is 1.73 bits per heavy atom. The molecule has 6 nitrogen and oxygen atoms in total. The third-order valence-electron chi connectivity index (χ3n) is 7.04. The Labute approximate surface area is 176 Å². The second kappa shape index (κ2) is 6.57. The summed E-state index contributed by atoms with van der Waals surface area (Å²) in [5.74, 6) is 0. The van der Waals surface area contributed by atoms with Gasteiger partial charge in [-0.2, -0.15) is 4.31 Å². The Morgan fingerprint density at radius 3 is 2.40 bits per heavy atom. The number of hydrogen-bond acceptors (Lipinski definition) is 4. The van der Waals surface area contributed by atoms with Gasteiger partial charge in [-0.3, -0.25) is 0 Å². The molecular weight excluding hydrogens is 396 g/mol. The molecule has 1 spiro atoms. The summed E-state index contributed by atoms with van der Waals surface area (Å²) < 4.78 is 28.7. The van der Waals surface area contributed by atoms with Gasteiger partial charge in [-0.05, 0) is 49.6 Å². The Bertz CT molecular complexity index is 1180. The van der Waals surface area contributed by atoms with Gasteiger partial charge in [0.2, 0.25) is 10.0 Å². The van der Waals surface area contributed by atoms with Gasteiger partial charge < -0.3 is 15.2 Å². The average Bonchev–Trinajstić information content (AvgIpc) is 3.35. The molecule has 6 rings (SSSR count). The number of para-hydroxylation sites is 1. The van der Waals surface area contributed by atoms with Gasteiger partial charge in [0.1, 0.15) is 0 Å². The second-order valence-corrected chi connectivity index (χ2v) is 10.7. The van der Waals surface area contributed by atoms with Gasteiger partial charge in [-0.15, -0.1) is 0 Å². The summed E-state index contributed by atoms with van der Waals surface area (Å²) in [4.78, 5) is 6.27. The molecule has 3 fully saturated rings. The molecule has 0 amide bonds. The maximum Gasteiger partial charge on any atom is 0.243 e. The van der Waals surface area contributed by atoms with E-state index in [0.29, 0.717) is 11.4 Å². The van der Waals surface area contributed by atoms with Crippen molar-refractivity contribution in [3.63, 3.8) is 0 Å². The lowest BCUT2D eigenvalue weighted by Gasteiger charge is -2.57. The van der Waals surface area contributed by atoms with Crippen LogP contribution in [0.2, 0.25) is 0 Å². The highest BCUT2D eigenvalue weighted by atomic mass is 32.2. The summed E-state index contributed by atoms with van der Waals surface area (Å²) in [5.41, 5.74) is 3.92. The molecule has 3 aliphatic heterocycles. The summed E-state index contributed by atoms with van der Waals surface area (Å²) in [5, 5.41) is 4.37. The van der Waals surface area contributed by atoms with E-state index >= 15 is 0 Å². The molecule has 7 heteroatoms. The van der Waals surface area contributed by atoms with Crippen LogP contribution in [0.15, 0.2) is 53.4 Å². The van der Waals surface area contributed by atoms with Crippen molar-refractivity contribution in [2.45, 2.75) is 29.7 Å². The summed E-state index contributed by atoms with van der Waals surface area (Å²) in [6, 6.07) is 16.0. The topological polar surface area (TPSA) is 68.4 Å². The van der Waals surface area contributed by atoms with Crippen molar-refractivity contribution in [1.29, 1.82) is 0 Å². The number of nitrogens with zero attached hydrogens (tertiary/aromatic N) is 2. The fraction of sp³-hybridized carbons (Fsp3) is 0.391. The minimum atomic E-state index is -3.51. The summed E-state index contributed by atoms with van der Waals surface area (Å²) >= 11 is 0. The highest BCUT2D eigenvalue weighted by Gasteiger charge is 2.55. The molecule has 1 aromatic heterocycles. The van der Waals surface area contributed by atoms with Crippen molar-refractivity contribution < 1.29 is 8.42 Å². The number of anilines is 1. The third-order valence-corrected chi connectivity index (χ3v) is 9.04. The summed E-state index contributed by atoms with van der Waals surface area (Å²) in [6.07, 6.45) is 3.30. The molecule has 2 aromatic carbocycles. The number of benzene rings is 2. The number of nitrogens with one attached hydrogen (secondary N) is 2. The maximum absolute atomic E-state index is 13.5. The first-order valence-electron chi connectivity index (χ1n) is 10.8. The number of sulfonamides is 1. The Morgan fingerprint density at radius 1 is 0.933 bits per heavy atom. The van der Waals surface area contributed by atoms with Crippen molar-refractivity contribution in [2.75, 3.05) is 37.6 Å². The first kappa shape index (κ1) is 18.4. The van der Waals surface area contributed by atoms with Gasteiger partial charge in [-0.25, -0.2) is 8.42 Å². The van der Waals surface area contributed by atoms with E-state index in [9.17, 15) is 8.42 Å². The lowest BCUT2D eigenvalue weighted by atomic mass is 9.82. The van der Waals surface area contributed by atoms with E-state index in [4.69, 9.17) is 0 Å². The van der Waals surface area contributed by atoms with Crippen molar-refractivity contribution in [3.8, 4) is 11.3 Å². The molecule has 0 atom stereocenters. The zero-order chi connectivity index (χ0) is 20.3. The van der Waals surface area contributed by atoms with Crippen LogP contribution in [0.25, 0.3) is 22.2 Å². The van der Waals surface area contributed by atoms with Crippen molar-refractivity contribution in [3.05, 3.63) is 48.5 Å². The quantitative estimate of drug-likeness (QED) is 0.678. The predicted octanol–water partition coefficient (Wildman–Crippen LogP) is 3.17. The van der Waals surface area contributed by atoms with E-state index in [-0.39, 0.29) is 5.54 Å². The summed E-state index contributed by atoms with van der Waals surface area (Å²) in [6.45, 7) is 4.15. The van der Waals surface area contributed by atoms with Crippen molar-refractivity contribution in [2.24, 2.45) is 0 Å². The number of H-pyrrole nitrogens is 1. The van der Waals surface area contributed by atoms with E-state index in [1.165, 1.54) is 12.8 Å². The molecule has 0 aliphatic carbocycles. The molecule has 3 aliphatic rings.